The van der Waals surface area contributed by atoms with Crippen LogP contribution in [0.4, 0.5) is 0 Å². The van der Waals surface area contributed by atoms with Crippen molar-refractivity contribution in [2.24, 2.45) is 7.05 Å². The maximum absolute atomic E-state index is 12.6. The zero-order chi connectivity index (χ0) is 14.2. The molecule has 0 N–H and O–H groups in total. The molecule has 108 valence electrons. The van der Waals surface area contributed by atoms with Crippen LogP contribution < -0.4 is 0 Å². The molecule has 2 unspecified atom stereocenters. The summed E-state index contributed by atoms with van der Waals surface area (Å²) in [4.78, 5) is 0. The fourth-order valence-electron chi connectivity index (χ4n) is 2.48. The van der Waals surface area contributed by atoms with E-state index in [9.17, 15) is 8.42 Å². The molecule has 0 saturated heterocycles. The third-order valence-corrected chi connectivity index (χ3v) is 6.48. The smallest absolute Gasteiger partial charge is 0.255 e. The zero-order valence-corrected chi connectivity index (χ0v) is 13.2. The van der Waals surface area contributed by atoms with Crippen molar-refractivity contribution >= 4 is 33.2 Å². The summed E-state index contributed by atoms with van der Waals surface area (Å²) in [6, 6.07) is -0.189. The molecule has 0 amide bonds. The summed E-state index contributed by atoms with van der Waals surface area (Å²) in [5, 5.41) is 3.88. The summed E-state index contributed by atoms with van der Waals surface area (Å²) >= 11 is 12.2. The van der Waals surface area contributed by atoms with Gasteiger partial charge < -0.3 is 0 Å². The molecule has 8 heteroatoms. The van der Waals surface area contributed by atoms with Crippen LogP contribution in [0.1, 0.15) is 25.7 Å². The summed E-state index contributed by atoms with van der Waals surface area (Å²) < 4.78 is 27.8. The molecule has 1 aliphatic rings. The SMILES string of the molecule is CN(C1CCCCC1Cl)S(=O)(=O)c1c(Cl)cnn1C. The molecule has 0 radical (unpaired) electrons. The molecular weight excluding hydrogens is 309 g/mol. The van der Waals surface area contributed by atoms with E-state index in [2.05, 4.69) is 5.10 Å². The molecule has 2 rings (SSSR count). The number of sulfonamides is 1. The molecule has 1 aromatic heterocycles. The van der Waals surface area contributed by atoms with Gasteiger partial charge in [-0.3, -0.25) is 4.68 Å². The van der Waals surface area contributed by atoms with E-state index in [0.29, 0.717) is 0 Å². The van der Waals surface area contributed by atoms with Crippen molar-refractivity contribution in [3.8, 4) is 0 Å². The molecule has 1 heterocycles. The first-order valence-electron chi connectivity index (χ1n) is 6.15. The van der Waals surface area contributed by atoms with E-state index in [0.717, 1.165) is 25.7 Å². The highest BCUT2D eigenvalue weighted by atomic mass is 35.5. The van der Waals surface area contributed by atoms with Crippen molar-refractivity contribution in [2.45, 2.75) is 42.1 Å². The molecule has 0 aliphatic heterocycles. The van der Waals surface area contributed by atoms with Gasteiger partial charge in [-0.2, -0.15) is 9.40 Å². The van der Waals surface area contributed by atoms with E-state index in [-0.39, 0.29) is 21.5 Å². The molecule has 5 nitrogen and oxygen atoms in total. The molecule has 1 aromatic rings. The molecule has 0 bridgehead atoms. The minimum atomic E-state index is -3.67. The largest absolute Gasteiger partial charge is 0.261 e. The lowest BCUT2D eigenvalue weighted by molar-refractivity contribution is 0.289. The van der Waals surface area contributed by atoms with Crippen LogP contribution in [0.5, 0.6) is 0 Å². The van der Waals surface area contributed by atoms with E-state index in [1.165, 1.54) is 15.2 Å². The summed E-state index contributed by atoms with van der Waals surface area (Å²) in [5.41, 5.74) is 0. The Labute approximate surface area is 123 Å². The van der Waals surface area contributed by atoms with Crippen LogP contribution in [0.15, 0.2) is 11.2 Å². The van der Waals surface area contributed by atoms with E-state index in [4.69, 9.17) is 23.2 Å². The van der Waals surface area contributed by atoms with Crippen molar-refractivity contribution in [1.82, 2.24) is 14.1 Å². The van der Waals surface area contributed by atoms with Crippen LogP contribution in [-0.2, 0) is 17.1 Å². The highest BCUT2D eigenvalue weighted by molar-refractivity contribution is 7.89. The van der Waals surface area contributed by atoms with Crippen LogP contribution in [0.25, 0.3) is 0 Å². The van der Waals surface area contributed by atoms with Gasteiger partial charge in [-0.05, 0) is 12.8 Å². The first kappa shape index (κ1) is 15.1. The number of alkyl halides is 1. The minimum absolute atomic E-state index is 0.0195. The second-order valence-electron chi connectivity index (χ2n) is 4.81. The highest BCUT2D eigenvalue weighted by Gasteiger charge is 2.36. The summed E-state index contributed by atoms with van der Waals surface area (Å²) in [6.45, 7) is 0. The van der Waals surface area contributed by atoms with Gasteiger partial charge in [-0.25, -0.2) is 8.42 Å². The number of hydrogen-bond donors (Lipinski definition) is 0. The van der Waals surface area contributed by atoms with E-state index < -0.39 is 10.0 Å². The fraction of sp³-hybridized carbons (Fsp3) is 0.727. The van der Waals surface area contributed by atoms with Crippen LogP contribution in [-0.4, -0.2) is 41.0 Å². The fourth-order valence-corrected chi connectivity index (χ4v) is 5.02. The predicted molar refractivity (Wildman–Crippen MR) is 75.1 cm³/mol. The zero-order valence-electron chi connectivity index (χ0n) is 10.9. The van der Waals surface area contributed by atoms with Gasteiger partial charge >= 0.3 is 0 Å². The van der Waals surface area contributed by atoms with Gasteiger partial charge in [0.05, 0.1) is 16.6 Å². The summed E-state index contributed by atoms with van der Waals surface area (Å²) in [7, 11) is -0.551. The Bertz CT molecular complexity index is 539. The number of hydrogen-bond acceptors (Lipinski definition) is 3. The Balaban J connectivity index is 2.34. The van der Waals surface area contributed by atoms with Crippen molar-refractivity contribution in [1.29, 1.82) is 0 Å². The number of halogens is 2. The molecule has 1 aliphatic carbocycles. The van der Waals surface area contributed by atoms with Crippen LogP contribution in [0.3, 0.4) is 0 Å². The predicted octanol–water partition coefficient (Wildman–Crippen LogP) is 2.24. The lowest BCUT2D eigenvalue weighted by atomic mass is 9.95. The van der Waals surface area contributed by atoms with E-state index >= 15 is 0 Å². The monoisotopic (exact) mass is 325 g/mol. The molecule has 2 atom stereocenters. The average Bonchev–Trinajstić information content (AvgIpc) is 2.69. The van der Waals surface area contributed by atoms with Gasteiger partial charge in [0.2, 0.25) is 0 Å². The maximum Gasteiger partial charge on any atom is 0.261 e. The topological polar surface area (TPSA) is 55.2 Å². The maximum atomic E-state index is 12.6. The third kappa shape index (κ3) is 2.77. The number of nitrogens with zero attached hydrogens (tertiary/aromatic N) is 3. The average molecular weight is 326 g/mol. The second-order valence-corrected chi connectivity index (χ2v) is 7.69. The number of aryl methyl sites for hydroxylation is 1. The third-order valence-electron chi connectivity index (χ3n) is 3.58. The van der Waals surface area contributed by atoms with Gasteiger partial charge in [0.1, 0.15) is 0 Å². The van der Waals surface area contributed by atoms with Gasteiger partial charge in [-0.1, -0.05) is 24.4 Å². The minimum Gasteiger partial charge on any atom is -0.255 e. The summed E-state index contributed by atoms with van der Waals surface area (Å²) in [5.74, 6) is 0. The van der Waals surface area contributed by atoms with Crippen molar-refractivity contribution < 1.29 is 8.42 Å². The molecule has 0 spiro atoms. The van der Waals surface area contributed by atoms with Gasteiger partial charge in [-0.15, -0.1) is 11.6 Å². The Hall–Kier alpha value is -0.300. The quantitative estimate of drug-likeness (QED) is 0.801. The van der Waals surface area contributed by atoms with E-state index in [1.54, 1.807) is 14.1 Å². The normalized spacial score (nSPS) is 24.9. The van der Waals surface area contributed by atoms with Crippen LogP contribution in [0.2, 0.25) is 5.02 Å². The molecular formula is C11H17Cl2N3O2S. The van der Waals surface area contributed by atoms with Crippen LogP contribution in [0, 0.1) is 0 Å². The first-order valence-corrected chi connectivity index (χ1v) is 8.40. The van der Waals surface area contributed by atoms with Crippen LogP contribution >= 0.6 is 23.2 Å². The lowest BCUT2D eigenvalue weighted by Gasteiger charge is -2.33. The van der Waals surface area contributed by atoms with E-state index in [1.807, 2.05) is 0 Å². The van der Waals surface area contributed by atoms with Crippen molar-refractivity contribution in [3.63, 3.8) is 0 Å². The van der Waals surface area contributed by atoms with Gasteiger partial charge in [0.25, 0.3) is 10.0 Å². The standard InChI is InChI=1S/C11H17Cl2N3O2S/c1-15-11(9(13)7-14-15)19(17,18)16(2)10-6-4-3-5-8(10)12/h7-8,10H,3-6H2,1-2H3. The molecule has 19 heavy (non-hydrogen) atoms. The van der Waals surface area contributed by atoms with Gasteiger partial charge in [0, 0.05) is 20.1 Å². The lowest BCUT2D eigenvalue weighted by Crippen LogP contribution is -2.44. The van der Waals surface area contributed by atoms with Gasteiger partial charge in [0.15, 0.2) is 5.03 Å². The molecule has 1 saturated carbocycles. The molecule has 1 fully saturated rings. The van der Waals surface area contributed by atoms with Crippen molar-refractivity contribution in [2.75, 3.05) is 7.05 Å². The Morgan fingerprint density at radius 3 is 2.58 bits per heavy atom. The molecule has 0 aromatic carbocycles. The Morgan fingerprint density at radius 1 is 1.42 bits per heavy atom. The first-order chi connectivity index (χ1) is 8.85. The second kappa shape index (κ2) is 5.60. The number of aromatic nitrogens is 2. The Morgan fingerprint density at radius 2 is 2.05 bits per heavy atom. The number of rotatable bonds is 3. The highest BCUT2D eigenvalue weighted by Crippen LogP contribution is 2.31. The summed E-state index contributed by atoms with van der Waals surface area (Å²) in [6.07, 6.45) is 4.99. The van der Waals surface area contributed by atoms with Crippen molar-refractivity contribution in [3.05, 3.63) is 11.2 Å². The Kier molecular flexibility index (Phi) is 4.45.